The third-order valence-corrected chi connectivity index (χ3v) is 5.05. The van der Waals surface area contributed by atoms with Crippen LogP contribution in [0.1, 0.15) is 21.7 Å². The normalized spacial score (nSPS) is 10.8. The lowest BCUT2D eigenvalue weighted by molar-refractivity contribution is -0.117. The molecule has 1 aromatic carbocycles. The molecule has 0 fully saturated rings. The second-order valence-corrected chi connectivity index (χ2v) is 7.46. The summed E-state index contributed by atoms with van der Waals surface area (Å²) in [4.78, 5) is 34.5. The summed E-state index contributed by atoms with van der Waals surface area (Å²) < 4.78 is 4.71. The van der Waals surface area contributed by atoms with Gasteiger partial charge in [-0.05, 0) is 38.2 Å². The van der Waals surface area contributed by atoms with Crippen LogP contribution in [-0.2, 0) is 16.1 Å². The number of carbonyl (C=O) groups excluding carboxylic acids is 2. The molecular formula is C21H22N4O3S. The van der Waals surface area contributed by atoms with Crippen LogP contribution in [0.3, 0.4) is 0 Å². The minimum Gasteiger partial charge on any atom is -0.465 e. The molecule has 0 aliphatic carbocycles. The zero-order chi connectivity index (χ0) is 20.8. The number of esters is 1. The van der Waals surface area contributed by atoms with Gasteiger partial charge in [0.1, 0.15) is 10.8 Å². The summed E-state index contributed by atoms with van der Waals surface area (Å²) in [6.07, 6.45) is 0. The SMILES string of the molecule is COC(=O)c1ccc(-c2nc(CN(C)CC(=O)Nc3cccc(C)n3)cs2)cc1. The monoisotopic (exact) mass is 410 g/mol. The number of likely N-dealkylation sites (N-methyl/N-ethyl adjacent to an activating group) is 1. The van der Waals surface area contributed by atoms with Crippen molar-refractivity contribution in [2.24, 2.45) is 0 Å². The van der Waals surface area contributed by atoms with Gasteiger partial charge in [0.2, 0.25) is 5.91 Å². The largest absolute Gasteiger partial charge is 0.465 e. The molecule has 8 heteroatoms. The quantitative estimate of drug-likeness (QED) is 0.601. The number of methoxy groups -OCH3 is 1. The van der Waals surface area contributed by atoms with Crippen molar-refractivity contribution in [3.05, 3.63) is 64.8 Å². The topological polar surface area (TPSA) is 84.4 Å². The number of thiazole rings is 1. The van der Waals surface area contributed by atoms with Crippen LogP contribution < -0.4 is 5.32 Å². The molecule has 3 rings (SSSR count). The van der Waals surface area contributed by atoms with Crippen molar-refractivity contribution in [3.63, 3.8) is 0 Å². The number of anilines is 1. The summed E-state index contributed by atoms with van der Waals surface area (Å²) in [6.45, 7) is 2.66. The third kappa shape index (κ3) is 5.69. The molecule has 0 radical (unpaired) electrons. The molecule has 0 unspecified atom stereocenters. The first-order chi connectivity index (χ1) is 13.9. The standard InChI is InChI=1S/C21H22N4O3S/c1-14-5-4-6-18(22-14)24-19(26)12-25(2)11-17-13-29-20(23-17)15-7-9-16(10-8-15)21(27)28-3/h4-10,13H,11-12H2,1-3H3,(H,22,24,26). The Labute approximate surface area is 173 Å². The van der Waals surface area contributed by atoms with Gasteiger partial charge in [-0.2, -0.15) is 0 Å². The number of nitrogens with one attached hydrogen (secondary N) is 1. The number of carbonyl (C=O) groups is 2. The highest BCUT2D eigenvalue weighted by Gasteiger charge is 2.12. The molecular weight excluding hydrogens is 388 g/mol. The van der Waals surface area contributed by atoms with Crippen molar-refractivity contribution in [1.29, 1.82) is 0 Å². The van der Waals surface area contributed by atoms with E-state index in [1.165, 1.54) is 18.4 Å². The highest BCUT2D eigenvalue weighted by molar-refractivity contribution is 7.13. The first kappa shape index (κ1) is 20.6. The Kier molecular flexibility index (Phi) is 6.69. The summed E-state index contributed by atoms with van der Waals surface area (Å²) >= 11 is 1.52. The summed E-state index contributed by atoms with van der Waals surface area (Å²) in [5, 5.41) is 5.63. The Balaban J connectivity index is 1.56. The predicted octanol–water partition coefficient (Wildman–Crippen LogP) is 3.37. The van der Waals surface area contributed by atoms with Gasteiger partial charge in [-0.15, -0.1) is 11.3 Å². The molecule has 0 atom stereocenters. The number of rotatable bonds is 7. The van der Waals surface area contributed by atoms with E-state index in [9.17, 15) is 9.59 Å². The molecule has 0 spiro atoms. The fourth-order valence-electron chi connectivity index (χ4n) is 2.75. The molecule has 150 valence electrons. The van der Waals surface area contributed by atoms with Crippen molar-refractivity contribution in [1.82, 2.24) is 14.9 Å². The van der Waals surface area contributed by atoms with Gasteiger partial charge in [-0.25, -0.2) is 14.8 Å². The lowest BCUT2D eigenvalue weighted by Gasteiger charge is -2.14. The van der Waals surface area contributed by atoms with Crippen molar-refractivity contribution in [2.75, 3.05) is 26.0 Å². The Morgan fingerprint density at radius 1 is 1.14 bits per heavy atom. The molecule has 2 heterocycles. The number of benzene rings is 1. The fraction of sp³-hybridized carbons (Fsp3) is 0.238. The van der Waals surface area contributed by atoms with Gasteiger partial charge in [-0.1, -0.05) is 18.2 Å². The zero-order valence-electron chi connectivity index (χ0n) is 16.5. The third-order valence-electron chi connectivity index (χ3n) is 4.11. The summed E-state index contributed by atoms with van der Waals surface area (Å²) in [5.41, 5.74) is 3.17. The molecule has 0 saturated heterocycles. The van der Waals surface area contributed by atoms with E-state index in [-0.39, 0.29) is 18.4 Å². The number of nitrogens with zero attached hydrogens (tertiary/aromatic N) is 3. The number of hydrogen-bond donors (Lipinski definition) is 1. The minimum absolute atomic E-state index is 0.126. The van der Waals surface area contributed by atoms with Crippen molar-refractivity contribution in [2.45, 2.75) is 13.5 Å². The van der Waals surface area contributed by atoms with E-state index >= 15 is 0 Å². The maximum atomic E-state index is 12.2. The van der Waals surface area contributed by atoms with E-state index < -0.39 is 0 Å². The molecule has 0 bridgehead atoms. The molecule has 1 amide bonds. The first-order valence-electron chi connectivity index (χ1n) is 9.00. The molecule has 0 saturated carbocycles. The molecule has 2 aromatic heterocycles. The maximum absolute atomic E-state index is 12.2. The van der Waals surface area contributed by atoms with Crippen LogP contribution in [0.2, 0.25) is 0 Å². The van der Waals surface area contributed by atoms with Gasteiger partial charge in [0.05, 0.1) is 24.9 Å². The molecule has 0 aliphatic rings. The zero-order valence-corrected chi connectivity index (χ0v) is 17.3. The molecule has 3 aromatic rings. The maximum Gasteiger partial charge on any atom is 0.337 e. The van der Waals surface area contributed by atoms with E-state index in [1.54, 1.807) is 18.2 Å². The molecule has 29 heavy (non-hydrogen) atoms. The van der Waals surface area contributed by atoms with Gasteiger partial charge < -0.3 is 10.1 Å². The van der Waals surface area contributed by atoms with Crippen LogP contribution in [0.4, 0.5) is 5.82 Å². The van der Waals surface area contributed by atoms with Gasteiger partial charge in [-0.3, -0.25) is 9.69 Å². The van der Waals surface area contributed by atoms with Crippen LogP contribution in [0.5, 0.6) is 0 Å². The number of ether oxygens (including phenoxy) is 1. The van der Waals surface area contributed by atoms with E-state index in [4.69, 9.17) is 4.74 Å². The van der Waals surface area contributed by atoms with Crippen LogP contribution in [0.25, 0.3) is 10.6 Å². The van der Waals surface area contributed by atoms with E-state index in [1.807, 2.05) is 48.5 Å². The summed E-state index contributed by atoms with van der Waals surface area (Å²) in [5.74, 6) is 0.0614. The van der Waals surface area contributed by atoms with Gasteiger partial charge in [0, 0.05) is 23.2 Å². The Bertz CT molecular complexity index is 1000. The summed E-state index contributed by atoms with van der Waals surface area (Å²) in [7, 11) is 3.23. The first-order valence-corrected chi connectivity index (χ1v) is 9.88. The highest BCUT2D eigenvalue weighted by atomic mass is 32.1. The second kappa shape index (κ2) is 9.40. The average molecular weight is 410 g/mol. The van der Waals surface area contributed by atoms with Crippen LogP contribution in [-0.4, -0.2) is 47.4 Å². The number of aromatic nitrogens is 2. The van der Waals surface area contributed by atoms with Gasteiger partial charge >= 0.3 is 5.97 Å². The minimum atomic E-state index is -0.364. The lowest BCUT2D eigenvalue weighted by Crippen LogP contribution is -2.30. The molecule has 0 aliphatic heterocycles. The second-order valence-electron chi connectivity index (χ2n) is 6.60. The van der Waals surface area contributed by atoms with Crippen molar-refractivity contribution < 1.29 is 14.3 Å². The van der Waals surface area contributed by atoms with E-state index in [0.29, 0.717) is 17.9 Å². The highest BCUT2D eigenvalue weighted by Crippen LogP contribution is 2.24. The Morgan fingerprint density at radius 3 is 2.59 bits per heavy atom. The average Bonchev–Trinajstić information content (AvgIpc) is 3.15. The lowest BCUT2D eigenvalue weighted by atomic mass is 10.1. The van der Waals surface area contributed by atoms with Gasteiger partial charge in [0.15, 0.2) is 0 Å². The van der Waals surface area contributed by atoms with Crippen LogP contribution in [0.15, 0.2) is 47.8 Å². The van der Waals surface area contributed by atoms with Crippen LogP contribution >= 0.6 is 11.3 Å². The van der Waals surface area contributed by atoms with E-state index in [2.05, 4.69) is 15.3 Å². The number of aryl methyl sites for hydroxylation is 1. The molecule has 1 N–H and O–H groups in total. The van der Waals surface area contributed by atoms with Crippen molar-refractivity contribution >= 4 is 29.0 Å². The van der Waals surface area contributed by atoms with Gasteiger partial charge in [0.25, 0.3) is 0 Å². The predicted molar refractivity (Wildman–Crippen MR) is 113 cm³/mol. The van der Waals surface area contributed by atoms with Crippen LogP contribution in [0, 0.1) is 6.92 Å². The molecule has 7 nitrogen and oxygen atoms in total. The Hall–Kier alpha value is -3.10. The number of hydrogen-bond acceptors (Lipinski definition) is 7. The fourth-order valence-corrected chi connectivity index (χ4v) is 3.57. The smallest absolute Gasteiger partial charge is 0.337 e. The van der Waals surface area contributed by atoms with E-state index in [0.717, 1.165) is 22.0 Å². The van der Waals surface area contributed by atoms with Crippen molar-refractivity contribution in [3.8, 4) is 10.6 Å². The number of amides is 1. The summed E-state index contributed by atoms with van der Waals surface area (Å²) in [6, 6.07) is 12.6. The number of pyridine rings is 1. The Morgan fingerprint density at radius 2 is 1.90 bits per heavy atom.